The van der Waals surface area contributed by atoms with E-state index in [1.54, 1.807) is 0 Å². The monoisotopic (exact) mass is 201 g/mol. The van der Waals surface area contributed by atoms with E-state index in [9.17, 15) is 0 Å². The molecule has 0 radical (unpaired) electrons. The van der Waals surface area contributed by atoms with Gasteiger partial charge in [-0.2, -0.15) is 0 Å². The van der Waals surface area contributed by atoms with Crippen LogP contribution in [0, 0.1) is 6.92 Å². The first-order chi connectivity index (χ1) is 5.66. The number of nitrogens with zero attached hydrogens (tertiary/aromatic N) is 3. The normalized spacial score (nSPS) is 16.6. The molecule has 0 aliphatic carbocycles. The van der Waals surface area contributed by atoms with Crippen molar-refractivity contribution in [1.82, 2.24) is 14.6 Å². The second-order valence-corrected chi connectivity index (χ2v) is 3.98. The molecule has 1 atom stereocenters. The van der Waals surface area contributed by atoms with Crippen LogP contribution in [0.5, 0.6) is 0 Å². The van der Waals surface area contributed by atoms with Gasteiger partial charge in [0.15, 0.2) is 0 Å². The lowest BCUT2D eigenvalue weighted by Gasteiger charge is -2.01. The van der Waals surface area contributed by atoms with Crippen molar-refractivity contribution in [3.05, 3.63) is 22.2 Å². The zero-order chi connectivity index (χ0) is 8.72. The van der Waals surface area contributed by atoms with Gasteiger partial charge in [0, 0.05) is 18.7 Å². The van der Waals surface area contributed by atoms with E-state index < -0.39 is 0 Å². The Balaban J connectivity index is 2.52. The highest BCUT2D eigenvalue weighted by molar-refractivity contribution is 7.13. The number of fused-ring (bicyclic) bond motifs is 1. The van der Waals surface area contributed by atoms with Crippen LogP contribution in [0.3, 0.4) is 0 Å². The number of rotatable bonds is 0. The fourth-order valence-electron chi connectivity index (χ4n) is 1.36. The van der Waals surface area contributed by atoms with E-state index in [2.05, 4.69) is 24.0 Å². The number of aryl methyl sites for hydroxylation is 1. The number of aromatic nitrogens is 2. The van der Waals surface area contributed by atoms with Gasteiger partial charge in [-0.15, -0.1) is 0 Å². The molecule has 0 N–H and O–H groups in total. The summed E-state index contributed by atoms with van der Waals surface area (Å²) < 4.78 is 2.09. The molecule has 0 aromatic carbocycles. The maximum Gasteiger partial charge on any atom is 0.137 e. The second-order valence-electron chi connectivity index (χ2n) is 2.89. The predicted octanol–water partition coefficient (Wildman–Crippen LogP) is 1.54. The lowest BCUT2D eigenvalue weighted by atomic mass is 10.3. The van der Waals surface area contributed by atoms with E-state index in [0.29, 0.717) is 5.15 Å². The Labute approximate surface area is 78.4 Å². The van der Waals surface area contributed by atoms with Crippen LogP contribution in [0.4, 0.5) is 0 Å². The second kappa shape index (κ2) is 2.91. The molecule has 1 aliphatic heterocycles. The zero-order valence-electron chi connectivity index (χ0n) is 6.71. The molecule has 1 aromatic rings. The molecule has 1 aliphatic rings. The molecule has 0 fully saturated rings. The van der Waals surface area contributed by atoms with Gasteiger partial charge in [-0.3, -0.25) is 4.67 Å². The van der Waals surface area contributed by atoms with Gasteiger partial charge in [0.2, 0.25) is 0 Å². The summed E-state index contributed by atoms with van der Waals surface area (Å²) in [7, 11) is 2.64. The smallest absolute Gasteiger partial charge is 0.137 e. The molecular formula is C7H9ClN3P. The molecule has 0 spiro atoms. The fraction of sp³-hybridized carbons (Fsp3) is 0.429. The van der Waals surface area contributed by atoms with Crippen molar-refractivity contribution < 1.29 is 0 Å². The first kappa shape index (κ1) is 8.36. The third kappa shape index (κ3) is 1.33. The Kier molecular flexibility index (Phi) is 2.03. The van der Waals surface area contributed by atoms with E-state index in [4.69, 9.17) is 11.6 Å². The van der Waals surface area contributed by atoms with Crippen molar-refractivity contribution in [2.75, 3.05) is 0 Å². The molecule has 2 rings (SSSR count). The molecule has 64 valence electrons. The SMILES string of the molecule is Cc1nc(Cl)c2c(n1)CN(P)C2. The average molecular weight is 202 g/mol. The van der Waals surface area contributed by atoms with Crippen LogP contribution < -0.4 is 0 Å². The molecule has 0 saturated carbocycles. The van der Waals surface area contributed by atoms with Crippen LogP contribution in [0.2, 0.25) is 5.15 Å². The van der Waals surface area contributed by atoms with Gasteiger partial charge in [-0.1, -0.05) is 21.0 Å². The van der Waals surface area contributed by atoms with Crippen molar-refractivity contribution >= 4 is 21.0 Å². The number of hydrogen-bond donors (Lipinski definition) is 0. The minimum atomic E-state index is 0.599. The molecule has 0 amide bonds. The maximum atomic E-state index is 5.95. The zero-order valence-corrected chi connectivity index (χ0v) is 8.62. The Morgan fingerprint density at radius 1 is 1.42 bits per heavy atom. The lowest BCUT2D eigenvalue weighted by molar-refractivity contribution is 0.504. The van der Waals surface area contributed by atoms with E-state index in [0.717, 1.165) is 30.2 Å². The first-order valence-corrected chi connectivity index (χ1v) is 4.58. The van der Waals surface area contributed by atoms with Crippen molar-refractivity contribution in [2.24, 2.45) is 0 Å². The summed E-state index contributed by atoms with van der Waals surface area (Å²) in [6, 6.07) is 0. The van der Waals surface area contributed by atoms with Crippen LogP contribution >= 0.6 is 21.0 Å². The molecule has 0 bridgehead atoms. The maximum absolute atomic E-state index is 5.95. The van der Waals surface area contributed by atoms with Crippen molar-refractivity contribution in [3.8, 4) is 0 Å². The van der Waals surface area contributed by atoms with E-state index in [1.807, 2.05) is 6.92 Å². The van der Waals surface area contributed by atoms with Gasteiger partial charge in [0.05, 0.1) is 5.69 Å². The highest BCUT2D eigenvalue weighted by Gasteiger charge is 2.20. The average Bonchev–Trinajstić information content (AvgIpc) is 2.29. The quantitative estimate of drug-likeness (QED) is 0.471. The summed E-state index contributed by atoms with van der Waals surface area (Å²) in [6.07, 6.45) is 0. The van der Waals surface area contributed by atoms with Gasteiger partial charge < -0.3 is 0 Å². The predicted molar refractivity (Wildman–Crippen MR) is 50.7 cm³/mol. The molecule has 12 heavy (non-hydrogen) atoms. The van der Waals surface area contributed by atoms with Gasteiger partial charge in [0.1, 0.15) is 11.0 Å². The largest absolute Gasteiger partial charge is 0.277 e. The molecule has 1 aromatic heterocycles. The summed E-state index contributed by atoms with van der Waals surface area (Å²) in [5.41, 5.74) is 2.12. The Morgan fingerprint density at radius 2 is 2.17 bits per heavy atom. The third-order valence-corrected chi connectivity index (χ3v) is 2.55. The van der Waals surface area contributed by atoms with Crippen LogP contribution in [0.15, 0.2) is 0 Å². The third-order valence-electron chi connectivity index (χ3n) is 1.87. The van der Waals surface area contributed by atoms with Crippen LogP contribution in [0.1, 0.15) is 17.1 Å². The van der Waals surface area contributed by atoms with Crippen molar-refractivity contribution in [3.63, 3.8) is 0 Å². The van der Waals surface area contributed by atoms with E-state index in [1.165, 1.54) is 0 Å². The summed E-state index contributed by atoms with van der Waals surface area (Å²) in [6.45, 7) is 3.54. The highest BCUT2D eigenvalue weighted by atomic mass is 35.5. The summed E-state index contributed by atoms with van der Waals surface area (Å²) >= 11 is 5.95. The summed E-state index contributed by atoms with van der Waals surface area (Å²) in [5, 5.41) is 0.599. The number of hydrogen-bond acceptors (Lipinski definition) is 3. The van der Waals surface area contributed by atoms with Crippen LogP contribution in [-0.2, 0) is 13.1 Å². The highest BCUT2D eigenvalue weighted by Crippen LogP contribution is 2.28. The molecule has 3 nitrogen and oxygen atoms in total. The first-order valence-electron chi connectivity index (χ1n) is 3.68. The standard InChI is InChI=1S/C7H9ClN3P/c1-4-9-6-3-11(12)2-5(6)7(8)10-4/h2-3,12H2,1H3. The molecule has 5 heteroatoms. The molecular weight excluding hydrogens is 193 g/mol. The minimum absolute atomic E-state index is 0.599. The van der Waals surface area contributed by atoms with Crippen LogP contribution in [0.25, 0.3) is 0 Å². The summed E-state index contributed by atoms with van der Waals surface area (Å²) in [4.78, 5) is 8.41. The molecule has 2 heterocycles. The lowest BCUT2D eigenvalue weighted by Crippen LogP contribution is -1.98. The van der Waals surface area contributed by atoms with Gasteiger partial charge in [0.25, 0.3) is 0 Å². The minimum Gasteiger partial charge on any atom is -0.277 e. The van der Waals surface area contributed by atoms with E-state index >= 15 is 0 Å². The fourth-order valence-corrected chi connectivity index (χ4v) is 2.00. The van der Waals surface area contributed by atoms with Gasteiger partial charge in [-0.25, -0.2) is 9.97 Å². The Morgan fingerprint density at radius 3 is 2.92 bits per heavy atom. The topological polar surface area (TPSA) is 29.0 Å². The Bertz CT molecular complexity index is 329. The van der Waals surface area contributed by atoms with Crippen molar-refractivity contribution in [2.45, 2.75) is 20.0 Å². The molecule has 0 saturated heterocycles. The van der Waals surface area contributed by atoms with Gasteiger partial charge in [-0.05, 0) is 6.92 Å². The molecule has 1 unspecified atom stereocenters. The van der Waals surface area contributed by atoms with Crippen LogP contribution in [-0.4, -0.2) is 14.6 Å². The Hall–Kier alpha value is -0.240. The van der Waals surface area contributed by atoms with Crippen molar-refractivity contribution in [1.29, 1.82) is 0 Å². The van der Waals surface area contributed by atoms with E-state index in [-0.39, 0.29) is 0 Å². The van der Waals surface area contributed by atoms with Gasteiger partial charge >= 0.3 is 0 Å². The summed E-state index contributed by atoms with van der Waals surface area (Å²) in [5.74, 6) is 0.749. The number of halogens is 1.